The highest BCUT2D eigenvalue weighted by Crippen LogP contribution is 2.28. The highest BCUT2D eigenvalue weighted by atomic mass is 16.5. The Balaban J connectivity index is 2.33. The molecule has 5 nitrogen and oxygen atoms in total. The van der Waals surface area contributed by atoms with Crippen molar-refractivity contribution in [3.8, 4) is 11.7 Å². The molecule has 2 aromatic rings. The summed E-state index contributed by atoms with van der Waals surface area (Å²) in [6, 6.07) is 1.85. The third-order valence-electron chi connectivity index (χ3n) is 2.56. The molecule has 0 amide bonds. The van der Waals surface area contributed by atoms with Crippen LogP contribution in [0.5, 0.6) is 0 Å². The van der Waals surface area contributed by atoms with Crippen LogP contribution in [0.15, 0.2) is 15.0 Å². The molecule has 2 rings (SSSR count). The van der Waals surface area contributed by atoms with E-state index < -0.39 is 0 Å². The molecule has 0 N–H and O–H groups in total. The van der Waals surface area contributed by atoms with Crippen molar-refractivity contribution in [2.24, 2.45) is 0 Å². The molecule has 0 fully saturated rings. The molecule has 5 heteroatoms. The van der Waals surface area contributed by atoms with Crippen molar-refractivity contribution >= 4 is 0 Å². The van der Waals surface area contributed by atoms with E-state index >= 15 is 0 Å². The van der Waals surface area contributed by atoms with Crippen molar-refractivity contribution in [3.05, 3.63) is 17.7 Å². The Kier molecular flexibility index (Phi) is 2.80. The molecule has 98 valence electrons. The first-order chi connectivity index (χ1) is 8.18. The molecule has 0 saturated heterocycles. The van der Waals surface area contributed by atoms with E-state index in [1.165, 1.54) is 0 Å². The summed E-state index contributed by atoms with van der Waals surface area (Å²) in [5, 5.41) is 12.1. The molecular formula is C13H19N3O2. The van der Waals surface area contributed by atoms with Crippen molar-refractivity contribution in [1.29, 1.82) is 0 Å². The van der Waals surface area contributed by atoms with Crippen molar-refractivity contribution in [2.45, 2.75) is 52.4 Å². The summed E-state index contributed by atoms with van der Waals surface area (Å²) >= 11 is 0. The van der Waals surface area contributed by atoms with Gasteiger partial charge in [0.25, 0.3) is 5.89 Å². The SMILES string of the molecule is CC(C)(C)c1cc(-c2nnc(C(C)(C)C)o2)on1. The average molecular weight is 249 g/mol. The van der Waals surface area contributed by atoms with Crippen LogP contribution in [0.2, 0.25) is 0 Å². The monoisotopic (exact) mass is 249 g/mol. The largest absolute Gasteiger partial charge is 0.418 e. The minimum absolute atomic E-state index is 0.0609. The molecular weight excluding hydrogens is 230 g/mol. The van der Waals surface area contributed by atoms with Crippen LogP contribution < -0.4 is 0 Å². The maximum atomic E-state index is 5.60. The summed E-state index contributed by atoms with van der Waals surface area (Å²) in [6.07, 6.45) is 0. The number of nitrogens with zero attached hydrogens (tertiary/aromatic N) is 3. The predicted octanol–water partition coefficient (Wildman–Crippen LogP) is 3.32. The zero-order chi connectivity index (χ0) is 13.6. The molecule has 0 aliphatic rings. The topological polar surface area (TPSA) is 65.0 Å². The Hall–Kier alpha value is -1.65. The molecule has 0 aliphatic carbocycles. The highest BCUT2D eigenvalue weighted by Gasteiger charge is 2.25. The molecule has 2 heterocycles. The smallest absolute Gasteiger partial charge is 0.286 e. The van der Waals surface area contributed by atoms with Gasteiger partial charge in [0.2, 0.25) is 11.7 Å². The fourth-order valence-corrected chi connectivity index (χ4v) is 1.36. The fraction of sp³-hybridized carbons (Fsp3) is 0.615. The van der Waals surface area contributed by atoms with Gasteiger partial charge in [-0.15, -0.1) is 10.2 Å². The van der Waals surface area contributed by atoms with Crippen LogP contribution in [-0.2, 0) is 10.8 Å². The van der Waals surface area contributed by atoms with E-state index in [0.717, 1.165) is 5.69 Å². The van der Waals surface area contributed by atoms with Crippen LogP contribution in [-0.4, -0.2) is 15.4 Å². The van der Waals surface area contributed by atoms with E-state index in [0.29, 0.717) is 17.5 Å². The zero-order valence-corrected chi connectivity index (χ0v) is 11.7. The first-order valence-corrected chi connectivity index (χ1v) is 5.99. The molecule has 0 unspecified atom stereocenters. The molecule has 0 aliphatic heterocycles. The third-order valence-corrected chi connectivity index (χ3v) is 2.56. The first kappa shape index (κ1) is 12.8. The third kappa shape index (κ3) is 2.44. The standard InChI is InChI=1S/C13H19N3O2/c1-12(2,3)9-7-8(18-16-9)10-14-15-11(17-10)13(4,5)6/h7H,1-6H3. The van der Waals surface area contributed by atoms with Crippen LogP contribution in [0.4, 0.5) is 0 Å². The van der Waals surface area contributed by atoms with Crippen molar-refractivity contribution in [2.75, 3.05) is 0 Å². The van der Waals surface area contributed by atoms with Gasteiger partial charge >= 0.3 is 0 Å². The molecule has 0 atom stereocenters. The van der Waals surface area contributed by atoms with Gasteiger partial charge in [0.15, 0.2) is 0 Å². The predicted molar refractivity (Wildman–Crippen MR) is 67.2 cm³/mol. The van der Waals surface area contributed by atoms with Crippen LogP contribution in [0, 0.1) is 0 Å². The van der Waals surface area contributed by atoms with Gasteiger partial charge in [-0.1, -0.05) is 46.7 Å². The highest BCUT2D eigenvalue weighted by molar-refractivity contribution is 5.44. The number of rotatable bonds is 1. The quantitative estimate of drug-likeness (QED) is 0.775. The molecule has 18 heavy (non-hydrogen) atoms. The molecule has 0 spiro atoms. The zero-order valence-electron chi connectivity index (χ0n) is 11.7. The average Bonchev–Trinajstić information content (AvgIpc) is 2.84. The van der Waals surface area contributed by atoms with E-state index in [-0.39, 0.29) is 10.8 Å². The Labute approximate surface area is 107 Å². The Morgan fingerprint density at radius 3 is 2.06 bits per heavy atom. The summed E-state index contributed by atoms with van der Waals surface area (Å²) in [5.74, 6) is 1.48. The van der Waals surface area contributed by atoms with Gasteiger partial charge in [-0.2, -0.15) is 0 Å². The van der Waals surface area contributed by atoms with Crippen LogP contribution in [0.3, 0.4) is 0 Å². The van der Waals surface area contributed by atoms with E-state index in [4.69, 9.17) is 8.94 Å². The summed E-state index contributed by atoms with van der Waals surface area (Å²) in [7, 11) is 0. The molecule has 0 radical (unpaired) electrons. The lowest BCUT2D eigenvalue weighted by molar-refractivity contribution is 0.370. The lowest BCUT2D eigenvalue weighted by Gasteiger charge is -2.12. The number of hydrogen-bond donors (Lipinski definition) is 0. The summed E-state index contributed by atoms with van der Waals surface area (Å²) in [5.41, 5.74) is 0.639. The molecule has 2 aromatic heterocycles. The molecule has 0 bridgehead atoms. The summed E-state index contributed by atoms with van der Waals surface area (Å²) < 4.78 is 10.9. The second kappa shape index (κ2) is 3.93. The van der Waals surface area contributed by atoms with Crippen molar-refractivity contribution in [3.63, 3.8) is 0 Å². The Morgan fingerprint density at radius 1 is 0.944 bits per heavy atom. The minimum Gasteiger partial charge on any atom is -0.418 e. The van der Waals surface area contributed by atoms with Crippen LogP contribution in [0.25, 0.3) is 11.7 Å². The van der Waals surface area contributed by atoms with Gasteiger partial charge in [-0.25, -0.2) is 0 Å². The Bertz CT molecular complexity index is 491. The van der Waals surface area contributed by atoms with Gasteiger partial charge in [0, 0.05) is 16.9 Å². The van der Waals surface area contributed by atoms with Crippen molar-refractivity contribution in [1.82, 2.24) is 15.4 Å². The van der Waals surface area contributed by atoms with Crippen LogP contribution >= 0.6 is 0 Å². The van der Waals surface area contributed by atoms with Gasteiger partial charge in [0.05, 0.1) is 5.69 Å². The first-order valence-electron chi connectivity index (χ1n) is 5.99. The second-order valence-corrected chi connectivity index (χ2v) is 6.49. The minimum atomic E-state index is -0.169. The van der Waals surface area contributed by atoms with E-state index in [2.05, 4.69) is 36.1 Å². The molecule has 0 aromatic carbocycles. The van der Waals surface area contributed by atoms with Crippen LogP contribution in [0.1, 0.15) is 53.1 Å². The summed E-state index contributed by atoms with van der Waals surface area (Å²) in [6.45, 7) is 12.3. The van der Waals surface area contributed by atoms with Crippen molar-refractivity contribution < 1.29 is 8.94 Å². The normalized spacial score (nSPS) is 13.0. The Morgan fingerprint density at radius 2 is 1.61 bits per heavy atom. The number of hydrogen-bond acceptors (Lipinski definition) is 5. The van der Waals surface area contributed by atoms with E-state index in [9.17, 15) is 0 Å². The summed E-state index contributed by atoms with van der Waals surface area (Å²) in [4.78, 5) is 0. The second-order valence-electron chi connectivity index (χ2n) is 6.49. The van der Waals surface area contributed by atoms with Gasteiger partial charge in [-0.05, 0) is 0 Å². The maximum Gasteiger partial charge on any atom is 0.286 e. The lowest BCUT2D eigenvalue weighted by Crippen LogP contribution is -2.11. The van der Waals surface area contributed by atoms with Gasteiger partial charge in [0.1, 0.15) is 0 Å². The number of aromatic nitrogens is 3. The van der Waals surface area contributed by atoms with Gasteiger partial charge < -0.3 is 8.94 Å². The molecule has 0 saturated carbocycles. The lowest BCUT2D eigenvalue weighted by atomic mass is 9.92. The van der Waals surface area contributed by atoms with E-state index in [1.54, 1.807) is 0 Å². The fourth-order valence-electron chi connectivity index (χ4n) is 1.36. The maximum absolute atomic E-state index is 5.60. The van der Waals surface area contributed by atoms with Gasteiger partial charge in [-0.3, -0.25) is 0 Å². The van der Waals surface area contributed by atoms with E-state index in [1.807, 2.05) is 26.8 Å².